The van der Waals surface area contributed by atoms with Gasteiger partial charge in [-0.15, -0.1) is 0 Å². The average molecular weight is 264 g/mol. The van der Waals surface area contributed by atoms with Crippen LogP contribution in [0.3, 0.4) is 0 Å². The largest absolute Gasteiger partial charge is 0.399 e. The number of nitrogens with one attached hydrogen (secondary N) is 1. The van der Waals surface area contributed by atoms with E-state index >= 15 is 0 Å². The van der Waals surface area contributed by atoms with Crippen molar-refractivity contribution in [1.82, 2.24) is 5.32 Å². The lowest BCUT2D eigenvalue weighted by atomic mass is 10.1. The lowest BCUT2D eigenvalue weighted by Crippen LogP contribution is -2.39. The van der Waals surface area contributed by atoms with Gasteiger partial charge in [0.25, 0.3) is 0 Å². The summed E-state index contributed by atoms with van der Waals surface area (Å²) in [4.78, 5) is 11.7. The molecular weight excluding hydrogens is 244 g/mol. The molecule has 0 bridgehead atoms. The molecule has 1 heterocycles. The van der Waals surface area contributed by atoms with Crippen LogP contribution in [0.15, 0.2) is 24.3 Å². The first-order valence-electron chi connectivity index (χ1n) is 6.54. The quantitative estimate of drug-likeness (QED) is 0.769. The van der Waals surface area contributed by atoms with Crippen LogP contribution in [0.2, 0.25) is 0 Å². The minimum Gasteiger partial charge on any atom is -0.399 e. The molecule has 2 rings (SSSR count). The zero-order valence-electron chi connectivity index (χ0n) is 10.9. The molecule has 0 saturated carbocycles. The van der Waals surface area contributed by atoms with Crippen LogP contribution in [0.25, 0.3) is 0 Å². The molecule has 0 aromatic heterocycles. The first-order chi connectivity index (χ1) is 9.24. The Hall–Kier alpha value is -1.59. The predicted octanol–water partition coefficient (Wildman–Crippen LogP) is 0.733. The lowest BCUT2D eigenvalue weighted by Gasteiger charge is -2.23. The van der Waals surface area contributed by atoms with E-state index in [9.17, 15) is 4.79 Å². The molecular formula is C14H20N2O3. The van der Waals surface area contributed by atoms with E-state index in [0.29, 0.717) is 39.2 Å². The standard InChI is InChI=1S/C14H20N2O3/c15-12-3-1-2-11(8-12)4-5-14(17)16-9-13-10-18-6-7-19-13/h1-3,8,13H,4-7,9-10,15H2,(H,16,17). The summed E-state index contributed by atoms with van der Waals surface area (Å²) in [6.07, 6.45) is 1.13. The van der Waals surface area contributed by atoms with Gasteiger partial charge >= 0.3 is 0 Å². The van der Waals surface area contributed by atoms with Crippen molar-refractivity contribution in [3.8, 4) is 0 Å². The summed E-state index contributed by atoms with van der Waals surface area (Å²) in [5.74, 6) is 0.0246. The van der Waals surface area contributed by atoms with Crippen molar-refractivity contribution in [2.24, 2.45) is 0 Å². The second-order valence-electron chi connectivity index (χ2n) is 4.62. The van der Waals surface area contributed by atoms with E-state index in [1.165, 1.54) is 0 Å². The molecule has 1 aromatic carbocycles. The number of carbonyl (C=O) groups excluding carboxylic acids is 1. The summed E-state index contributed by atoms with van der Waals surface area (Å²) < 4.78 is 10.7. The number of amides is 1. The Morgan fingerprint density at radius 2 is 2.32 bits per heavy atom. The molecule has 0 aliphatic carbocycles. The van der Waals surface area contributed by atoms with Crippen LogP contribution in [0.5, 0.6) is 0 Å². The number of carbonyl (C=O) groups is 1. The molecule has 5 heteroatoms. The van der Waals surface area contributed by atoms with E-state index < -0.39 is 0 Å². The number of anilines is 1. The molecule has 1 aromatic rings. The number of rotatable bonds is 5. The van der Waals surface area contributed by atoms with Gasteiger partial charge in [-0.3, -0.25) is 4.79 Å². The molecule has 0 radical (unpaired) electrons. The van der Waals surface area contributed by atoms with Gasteiger partial charge in [0.05, 0.1) is 25.9 Å². The molecule has 1 amide bonds. The Bertz CT molecular complexity index is 417. The van der Waals surface area contributed by atoms with Crippen molar-refractivity contribution in [3.05, 3.63) is 29.8 Å². The molecule has 19 heavy (non-hydrogen) atoms. The van der Waals surface area contributed by atoms with Crippen LogP contribution in [-0.4, -0.2) is 38.4 Å². The highest BCUT2D eigenvalue weighted by molar-refractivity contribution is 5.76. The first-order valence-corrected chi connectivity index (χ1v) is 6.54. The van der Waals surface area contributed by atoms with Gasteiger partial charge < -0.3 is 20.5 Å². The number of hydrogen-bond donors (Lipinski definition) is 2. The number of aryl methyl sites for hydroxylation is 1. The van der Waals surface area contributed by atoms with Crippen molar-refractivity contribution < 1.29 is 14.3 Å². The molecule has 3 N–H and O–H groups in total. The number of benzene rings is 1. The van der Waals surface area contributed by atoms with E-state index in [1.54, 1.807) is 0 Å². The number of ether oxygens (including phenoxy) is 2. The third-order valence-corrected chi connectivity index (χ3v) is 3.00. The number of hydrogen-bond acceptors (Lipinski definition) is 4. The van der Waals surface area contributed by atoms with Gasteiger partial charge in [0.2, 0.25) is 5.91 Å². The first kappa shape index (κ1) is 13.8. The molecule has 1 atom stereocenters. The topological polar surface area (TPSA) is 73.6 Å². The average Bonchev–Trinajstić information content (AvgIpc) is 2.44. The van der Waals surface area contributed by atoms with Crippen LogP contribution in [0.4, 0.5) is 5.69 Å². The summed E-state index contributed by atoms with van der Waals surface area (Å²) in [7, 11) is 0. The summed E-state index contributed by atoms with van der Waals surface area (Å²) in [5, 5.41) is 2.86. The Morgan fingerprint density at radius 1 is 1.42 bits per heavy atom. The van der Waals surface area contributed by atoms with Gasteiger partial charge in [-0.05, 0) is 24.1 Å². The maximum atomic E-state index is 11.7. The third-order valence-electron chi connectivity index (χ3n) is 3.00. The summed E-state index contributed by atoms with van der Waals surface area (Å²) >= 11 is 0. The maximum Gasteiger partial charge on any atom is 0.220 e. The molecule has 1 aliphatic heterocycles. The Labute approximate surface area is 113 Å². The second kappa shape index (κ2) is 7.11. The number of nitrogens with two attached hydrogens (primary N) is 1. The fraction of sp³-hybridized carbons (Fsp3) is 0.500. The van der Waals surface area contributed by atoms with Crippen molar-refractivity contribution in [2.75, 3.05) is 32.1 Å². The zero-order valence-corrected chi connectivity index (χ0v) is 10.9. The molecule has 104 valence electrons. The van der Waals surface area contributed by atoms with Crippen LogP contribution >= 0.6 is 0 Å². The fourth-order valence-electron chi connectivity index (χ4n) is 1.98. The highest BCUT2D eigenvalue weighted by atomic mass is 16.6. The van der Waals surface area contributed by atoms with Crippen LogP contribution in [0.1, 0.15) is 12.0 Å². The minimum absolute atomic E-state index is 0.0231. The van der Waals surface area contributed by atoms with Crippen molar-refractivity contribution in [1.29, 1.82) is 0 Å². The molecule has 1 unspecified atom stereocenters. The van der Waals surface area contributed by atoms with E-state index in [0.717, 1.165) is 11.3 Å². The lowest BCUT2D eigenvalue weighted by molar-refractivity contribution is -0.123. The van der Waals surface area contributed by atoms with Crippen LogP contribution in [-0.2, 0) is 20.7 Å². The molecule has 1 aliphatic rings. The Morgan fingerprint density at radius 3 is 3.05 bits per heavy atom. The van der Waals surface area contributed by atoms with E-state index in [4.69, 9.17) is 15.2 Å². The smallest absolute Gasteiger partial charge is 0.220 e. The van der Waals surface area contributed by atoms with E-state index in [2.05, 4.69) is 5.32 Å². The highest BCUT2D eigenvalue weighted by Gasteiger charge is 2.14. The number of nitrogen functional groups attached to an aromatic ring is 1. The van der Waals surface area contributed by atoms with E-state index in [-0.39, 0.29) is 12.0 Å². The van der Waals surface area contributed by atoms with Crippen molar-refractivity contribution >= 4 is 11.6 Å². The maximum absolute atomic E-state index is 11.7. The zero-order chi connectivity index (χ0) is 13.5. The summed E-state index contributed by atoms with van der Waals surface area (Å²) in [6.45, 7) is 2.30. The third kappa shape index (κ3) is 4.89. The minimum atomic E-state index is -0.0231. The molecule has 1 saturated heterocycles. The summed E-state index contributed by atoms with van der Waals surface area (Å²) in [6, 6.07) is 7.60. The Kier molecular flexibility index (Phi) is 5.18. The van der Waals surface area contributed by atoms with E-state index in [1.807, 2.05) is 24.3 Å². The van der Waals surface area contributed by atoms with Crippen molar-refractivity contribution in [3.63, 3.8) is 0 Å². The Balaban J connectivity index is 1.66. The van der Waals surface area contributed by atoms with Gasteiger partial charge in [-0.1, -0.05) is 12.1 Å². The molecule has 0 spiro atoms. The van der Waals surface area contributed by atoms with Gasteiger partial charge in [0, 0.05) is 18.7 Å². The monoisotopic (exact) mass is 264 g/mol. The van der Waals surface area contributed by atoms with Crippen molar-refractivity contribution in [2.45, 2.75) is 18.9 Å². The van der Waals surface area contributed by atoms with Gasteiger partial charge in [-0.2, -0.15) is 0 Å². The second-order valence-corrected chi connectivity index (χ2v) is 4.62. The fourth-order valence-corrected chi connectivity index (χ4v) is 1.98. The van der Waals surface area contributed by atoms with Crippen LogP contribution < -0.4 is 11.1 Å². The normalized spacial score (nSPS) is 19.1. The van der Waals surface area contributed by atoms with Gasteiger partial charge in [0.15, 0.2) is 0 Å². The molecule has 1 fully saturated rings. The molecule has 5 nitrogen and oxygen atoms in total. The summed E-state index contributed by atoms with van der Waals surface area (Å²) in [5.41, 5.74) is 7.49. The highest BCUT2D eigenvalue weighted by Crippen LogP contribution is 2.08. The van der Waals surface area contributed by atoms with Crippen LogP contribution in [0, 0.1) is 0 Å². The van der Waals surface area contributed by atoms with Gasteiger partial charge in [0.1, 0.15) is 0 Å². The predicted molar refractivity (Wildman–Crippen MR) is 72.7 cm³/mol. The SMILES string of the molecule is Nc1cccc(CCC(=O)NCC2COCCO2)c1. The van der Waals surface area contributed by atoms with Gasteiger partial charge in [-0.25, -0.2) is 0 Å².